The van der Waals surface area contributed by atoms with Gasteiger partial charge in [0.25, 0.3) is 0 Å². The fourth-order valence-corrected chi connectivity index (χ4v) is 2.74. The molecule has 0 aliphatic heterocycles. The van der Waals surface area contributed by atoms with Gasteiger partial charge < -0.3 is 5.32 Å². The standard InChI is InChI=1S/C14H19N3S/c1-4-9-15-11(3)13-16-17-14(18-13)12-8-6-5-7-10(12)2/h5-8,11,15H,4,9H2,1-3H3. The Hall–Kier alpha value is -1.26. The van der Waals surface area contributed by atoms with Crippen LogP contribution in [0.5, 0.6) is 0 Å². The average molecular weight is 261 g/mol. The largest absolute Gasteiger partial charge is 0.308 e. The number of nitrogens with zero attached hydrogens (tertiary/aromatic N) is 2. The van der Waals surface area contributed by atoms with E-state index in [1.165, 1.54) is 11.1 Å². The molecule has 0 aliphatic carbocycles. The second-order valence-corrected chi connectivity index (χ2v) is 5.45. The number of aryl methyl sites for hydroxylation is 1. The zero-order chi connectivity index (χ0) is 13.0. The van der Waals surface area contributed by atoms with Gasteiger partial charge in [-0.2, -0.15) is 0 Å². The Morgan fingerprint density at radius 1 is 1.28 bits per heavy atom. The minimum absolute atomic E-state index is 0.278. The Balaban J connectivity index is 2.18. The first-order valence-corrected chi connectivity index (χ1v) is 7.16. The van der Waals surface area contributed by atoms with Crippen molar-refractivity contribution in [3.05, 3.63) is 34.8 Å². The first-order valence-electron chi connectivity index (χ1n) is 6.35. The van der Waals surface area contributed by atoms with Gasteiger partial charge in [0.2, 0.25) is 0 Å². The third-order valence-corrected chi connectivity index (χ3v) is 4.03. The Morgan fingerprint density at radius 3 is 2.78 bits per heavy atom. The van der Waals surface area contributed by atoms with Gasteiger partial charge >= 0.3 is 0 Å². The summed E-state index contributed by atoms with van der Waals surface area (Å²) in [5.74, 6) is 0. The van der Waals surface area contributed by atoms with E-state index in [0.717, 1.165) is 23.0 Å². The van der Waals surface area contributed by atoms with Gasteiger partial charge in [-0.15, -0.1) is 10.2 Å². The normalized spacial score (nSPS) is 12.6. The van der Waals surface area contributed by atoms with Gasteiger partial charge in [-0.25, -0.2) is 0 Å². The Morgan fingerprint density at radius 2 is 2.06 bits per heavy atom. The SMILES string of the molecule is CCCNC(C)c1nnc(-c2ccccc2C)s1. The van der Waals surface area contributed by atoms with Crippen molar-refractivity contribution >= 4 is 11.3 Å². The maximum Gasteiger partial charge on any atom is 0.148 e. The van der Waals surface area contributed by atoms with Crippen molar-refractivity contribution in [1.29, 1.82) is 0 Å². The molecule has 1 atom stereocenters. The molecule has 0 bridgehead atoms. The van der Waals surface area contributed by atoms with Crippen LogP contribution in [0.25, 0.3) is 10.6 Å². The van der Waals surface area contributed by atoms with Gasteiger partial charge in [-0.05, 0) is 32.4 Å². The van der Waals surface area contributed by atoms with Crippen LogP contribution in [-0.4, -0.2) is 16.7 Å². The summed E-state index contributed by atoms with van der Waals surface area (Å²) in [6.07, 6.45) is 1.13. The molecule has 1 unspecified atom stereocenters. The van der Waals surface area contributed by atoms with Gasteiger partial charge in [0.15, 0.2) is 0 Å². The second kappa shape index (κ2) is 6.07. The maximum absolute atomic E-state index is 4.30. The molecule has 1 aromatic heterocycles. The molecule has 1 heterocycles. The molecule has 0 saturated carbocycles. The lowest BCUT2D eigenvalue weighted by atomic mass is 10.1. The minimum Gasteiger partial charge on any atom is -0.308 e. The van der Waals surface area contributed by atoms with Crippen LogP contribution >= 0.6 is 11.3 Å². The van der Waals surface area contributed by atoms with E-state index in [2.05, 4.69) is 48.4 Å². The predicted octanol–water partition coefficient (Wildman–Crippen LogP) is 3.57. The molecule has 1 aromatic carbocycles. The smallest absolute Gasteiger partial charge is 0.148 e. The molecule has 1 N–H and O–H groups in total. The minimum atomic E-state index is 0.278. The summed E-state index contributed by atoms with van der Waals surface area (Å²) in [5.41, 5.74) is 2.43. The third kappa shape index (κ3) is 2.94. The summed E-state index contributed by atoms with van der Waals surface area (Å²) < 4.78 is 0. The number of benzene rings is 1. The maximum atomic E-state index is 4.30. The zero-order valence-corrected chi connectivity index (χ0v) is 11.9. The van der Waals surface area contributed by atoms with Gasteiger partial charge in [0, 0.05) is 5.56 Å². The number of hydrogen-bond acceptors (Lipinski definition) is 4. The average Bonchev–Trinajstić information content (AvgIpc) is 2.86. The molecule has 0 aliphatic rings. The molecule has 2 aromatic rings. The van der Waals surface area contributed by atoms with E-state index in [0.29, 0.717) is 0 Å². The lowest BCUT2D eigenvalue weighted by Gasteiger charge is -2.08. The first kappa shape index (κ1) is 13.2. The zero-order valence-electron chi connectivity index (χ0n) is 11.1. The lowest BCUT2D eigenvalue weighted by Crippen LogP contribution is -2.18. The molecule has 0 spiro atoms. The lowest BCUT2D eigenvalue weighted by molar-refractivity contribution is 0.564. The molecular formula is C14H19N3S. The number of aromatic nitrogens is 2. The van der Waals surface area contributed by atoms with Crippen molar-refractivity contribution in [2.24, 2.45) is 0 Å². The van der Waals surface area contributed by atoms with Crippen molar-refractivity contribution in [2.45, 2.75) is 33.2 Å². The summed E-state index contributed by atoms with van der Waals surface area (Å²) in [5, 5.41) is 14.1. The van der Waals surface area contributed by atoms with Crippen LogP contribution in [0.2, 0.25) is 0 Å². The van der Waals surface area contributed by atoms with E-state index in [9.17, 15) is 0 Å². The molecule has 0 amide bonds. The number of hydrogen-bond donors (Lipinski definition) is 1. The first-order chi connectivity index (χ1) is 8.72. The Kier molecular flexibility index (Phi) is 4.44. The van der Waals surface area contributed by atoms with Gasteiger partial charge in [-0.1, -0.05) is 42.5 Å². The van der Waals surface area contributed by atoms with Crippen molar-refractivity contribution in [2.75, 3.05) is 6.54 Å². The molecule has 0 saturated heterocycles. The van der Waals surface area contributed by atoms with Crippen molar-refractivity contribution in [3.63, 3.8) is 0 Å². The highest BCUT2D eigenvalue weighted by atomic mass is 32.1. The van der Waals surface area contributed by atoms with E-state index in [-0.39, 0.29) is 6.04 Å². The highest BCUT2D eigenvalue weighted by molar-refractivity contribution is 7.14. The molecule has 3 nitrogen and oxygen atoms in total. The van der Waals surface area contributed by atoms with E-state index < -0.39 is 0 Å². The third-order valence-electron chi connectivity index (χ3n) is 2.89. The fourth-order valence-electron chi connectivity index (χ4n) is 1.78. The van der Waals surface area contributed by atoms with Crippen molar-refractivity contribution < 1.29 is 0 Å². The number of rotatable bonds is 5. The molecule has 18 heavy (non-hydrogen) atoms. The Bertz CT molecular complexity index is 507. The summed E-state index contributed by atoms with van der Waals surface area (Å²) in [6, 6.07) is 8.58. The van der Waals surface area contributed by atoms with E-state index in [1.807, 2.05) is 12.1 Å². The quantitative estimate of drug-likeness (QED) is 0.894. The Labute approximate surface area is 112 Å². The van der Waals surface area contributed by atoms with Crippen LogP contribution in [0.15, 0.2) is 24.3 Å². The van der Waals surface area contributed by atoms with Crippen molar-refractivity contribution in [1.82, 2.24) is 15.5 Å². The summed E-state index contributed by atoms with van der Waals surface area (Å²) in [7, 11) is 0. The van der Waals surface area contributed by atoms with Crippen LogP contribution < -0.4 is 5.32 Å². The van der Waals surface area contributed by atoms with Crippen LogP contribution in [0.3, 0.4) is 0 Å². The summed E-state index contributed by atoms with van der Waals surface area (Å²) >= 11 is 1.67. The fraction of sp³-hybridized carbons (Fsp3) is 0.429. The van der Waals surface area contributed by atoms with E-state index >= 15 is 0 Å². The van der Waals surface area contributed by atoms with Gasteiger partial charge in [0.1, 0.15) is 10.0 Å². The molecular weight excluding hydrogens is 242 g/mol. The predicted molar refractivity (Wildman–Crippen MR) is 76.8 cm³/mol. The number of nitrogens with one attached hydrogen (secondary N) is 1. The monoisotopic (exact) mass is 261 g/mol. The van der Waals surface area contributed by atoms with E-state index in [4.69, 9.17) is 0 Å². The van der Waals surface area contributed by atoms with E-state index in [1.54, 1.807) is 11.3 Å². The highest BCUT2D eigenvalue weighted by Gasteiger charge is 2.13. The summed E-state index contributed by atoms with van der Waals surface area (Å²) in [6.45, 7) is 7.42. The van der Waals surface area contributed by atoms with Crippen LogP contribution in [0.4, 0.5) is 0 Å². The van der Waals surface area contributed by atoms with Crippen LogP contribution in [-0.2, 0) is 0 Å². The molecule has 96 valence electrons. The molecule has 4 heteroatoms. The topological polar surface area (TPSA) is 37.8 Å². The molecule has 0 fully saturated rings. The second-order valence-electron chi connectivity index (χ2n) is 4.44. The van der Waals surface area contributed by atoms with Crippen molar-refractivity contribution in [3.8, 4) is 10.6 Å². The highest BCUT2D eigenvalue weighted by Crippen LogP contribution is 2.28. The molecule has 0 radical (unpaired) electrons. The van der Waals surface area contributed by atoms with Crippen LogP contribution in [0.1, 0.15) is 36.9 Å². The van der Waals surface area contributed by atoms with Gasteiger partial charge in [-0.3, -0.25) is 0 Å². The molecule has 2 rings (SSSR count). The van der Waals surface area contributed by atoms with Gasteiger partial charge in [0.05, 0.1) is 6.04 Å². The summed E-state index contributed by atoms with van der Waals surface area (Å²) in [4.78, 5) is 0. The van der Waals surface area contributed by atoms with Crippen LogP contribution in [0, 0.1) is 6.92 Å².